The second-order valence-electron chi connectivity index (χ2n) is 7.30. The van der Waals surface area contributed by atoms with E-state index < -0.39 is 0 Å². The largest absolute Gasteiger partial charge is 0.454 e. The van der Waals surface area contributed by atoms with Crippen LogP contribution in [0.1, 0.15) is 23.7 Å². The molecule has 0 radical (unpaired) electrons. The van der Waals surface area contributed by atoms with Gasteiger partial charge in [-0.1, -0.05) is 18.2 Å². The minimum absolute atomic E-state index is 0.524. The third kappa shape index (κ3) is 3.15. The van der Waals surface area contributed by atoms with Gasteiger partial charge >= 0.3 is 0 Å². The van der Waals surface area contributed by atoms with Crippen molar-refractivity contribution in [1.82, 2.24) is 19.4 Å². The molecule has 0 unspecified atom stereocenters. The van der Waals surface area contributed by atoms with Crippen LogP contribution in [0, 0.1) is 0 Å². The molecule has 136 valence electrons. The summed E-state index contributed by atoms with van der Waals surface area (Å²) >= 11 is 0. The number of aromatic nitrogens is 3. The Bertz CT molecular complexity index is 1050. The van der Waals surface area contributed by atoms with Crippen molar-refractivity contribution in [3.63, 3.8) is 0 Å². The maximum absolute atomic E-state index is 5.99. The van der Waals surface area contributed by atoms with E-state index in [1.807, 2.05) is 36.8 Å². The lowest BCUT2D eigenvalue weighted by Gasteiger charge is -2.16. The standard InChI is InChI=1S/C22H22N4O/c1-25-11-9-24-22(25)15-26-10-7-18(14-26)16-6-8-23-19(12-16)21-13-17-4-2-3-5-20(17)27-21/h2-6,8-9,11-13,18H,7,10,14-15H2,1H3/t18-/m0/s1. The zero-order chi connectivity index (χ0) is 18.2. The third-order valence-electron chi connectivity index (χ3n) is 5.49. The number of fused-ring (bicyclic) bond motifs is 1. The monoisotopic (exact) mass is 358 g/mol. The highest BCUT2D eigenvalue weighted by Crippen LogP contribution is 2.32. The molecule has 0 N–H and O–H groups in total. The normalized spacial score (nSPS) is 17.7. The van der Waals surface area contributed by atoms with Gasteiger partial charge in [0.15, 0.2) is 5.76 Å². The fourth-order valence-electron chi connectivity index (χ4n) is 3.94. The summed E-state index contributed by atoms with van der Waals surface area (Å²) in [6.45, 7) is 3.05. The molecular weight excluding hydrogens is 336 g/mol. The molecule has 1 atom stereocenters. The van der Waals surface area contributed by atoms with Crippen molar-refractivity contribution < 1.29 is 4.42 Å². The Kier molecular flexibility index (Phi) is 4.02. The molecule has 3 aromatic heterocycles. The van der Waals surface area contributed by atoms with Gasteiger partial charge in [0.1, 0.15) is 17.1 Å². The zero-order valence-corrected chi connectivity index (χ0v) is 15.4. The van der Waals surface area contributed by atoms with Gasteiger partial charge in [-0.25, -0.2) is 4.98 Å². The molecule has 4 aromatic rings. The molecule has 27 heavy (non-hydrogen) atoms. The Morgan fingerprint density at radius 3 is 2.89 bits per heavy atom. The van der Waals surface area contributed by atoms with E-state index in [0.717, 1.165) is 54.3 Å². The molecule has 1 saturated heterocycles. The van der Waals surface area contributed by atoms with Crippen LogP contribution in [-0.4, -0.2) is 32.5 Å². The zero-order valence-electron chi connectivity index (χ0n) is 15.4. The highest BCUT2D eigenvalue weighted by atomic mass is 16.3. The number of nitrogens with zero attached hydrogens (tertiary/aromatic N) is 4. The number of hydrogen-bond acceptors (Lipinski definition) is 4. The minimum Gasteiger partial charge on any atom is -0.454 e. The fourth-order valence-corrected chi connectivity index (χ4v) is 3.94. The van der Waals surface area contributed by atoms with Gasteiger partial charge in [0.25, 0.3) is 0 Å². The number of aryl methyl sites for hydroxylation is 1. The first kappa shape index (κ1) is 16.3. The summed E-state index contributed by atoms with van der Waals surface area (Å²) in [5.74, 6) is 2.48. The van der Waals surface area contributed by atoms with Crippen molar-refractivity contribution in [2.45, 2.75) is 18.9 Å². The van der Waals surface area contributed by atoms with Gasteiger partial charge in [0.05, 0.1) is 6.54 Å². The van der Waals surface area contributed by atoms with Gasteiger partial charge in [0, 0.05) is 37.6 Å². The molecule has 0 bridgehead atoms. The van der Waals surface area contributed by atoms with E-state index in [0.29, 0.717) is 5.92 Å². The van der Waals surface area contributed by atoms with Gasteiger partial charge in [0.2, 0.25) is 0 Å². The number of pyridine rings is 1. The van der Waals surface area contributed by atoms with Crippen LogP contribution in [0.15, 0.2) is 65.5 Å². The van der Waals surface area contributed by atoms with Crippen LogP contribution < -0.4 is 0 Å². The van der Waals surface area contributed by atoms with E-state index in [9.17, 15) is 0 Å². The number of rotatable bonds is 4. The molecule has 0 spiro atoms. The maximum atomic E-state index is 5.99. The lowest BCUT2D eigenvalue weighted by Crippen LogP contribution is -2.21. The summed E-state index contributed by atoms with van der Waals surface area (Å²) in [6.07, 6.45) is 6.93. The summed E-state index contributed by atoms with van der Waals surface area (Å²) in [5.41, 5.74) is 3.15. The average Bonchev–Trinajstić information content (AvgIpc) is 3.42. The van der Waals surface area contributed by atoms with Crippen LogP contribution in [0.2, 0.25) is 0 Å². The van der Waals surface area contributed by atoms with Crippen LogP contribution in [0.3, 0.4) is 0 Å². The predicted octanol–water partition coefficient (Wildman–Crippen LogP) is 4.22. The predicted molar refractivity (Wildman–Crippen MR) is 105 cm³/mol. The molecule has 0 amide bonds. The summed E-state index contributed by atoms with van der Waals surface area (Å²) in [4.78, 5) is 11.5. The molecule has 1 aromatic carbocycles. The highest BCUT2D eigenvalue weighted by molar-refractivity contribution is 5.82. The van der Waals surface area contributed by atoms with Gasteiger partial charge in [-0.05, 0) is 48.7 Å². The SMILES string of the molecule is Cn1ccnc1CN1CC[C@H](c2ccnc(-c3cc4ccccc4o3)c2)C1. The van der Waals surface area contributed by atoms with Crippen molar-refractivity contribution in [3.05, 3.63) is 72.4 Å². The lowest BCUT2D eigenvalue weighted by molar-refractivity contribution is 0.314. The lowest BCUT2D eigenvalue weighted by atomic mass is 9.98. The number of imidazole rings is 1. The Hall–Kier alpha value is -2.92. The first-order valence-corrected chi connectivity index (χ1v) is 9.40. The van der Waals surface area contributed by atoms with E-state index in [4.69, 9.17) is 4.42 Å². The van der Waals surface area contributed by atoms with Gasteiger partial charge < -0.3 is 8.98 Å². The van der Waals surface area contributed by atoms with Crippen LogP contribution >= 0.6 is 0 Å². The topological polar surface area (TPSA) is 47.1 Å². The molecule has 5 heteroatoms. The van der Waals surface area contributed by atoms with Crippen molar-refractivity contribution in [3.8, 4) is 11.5 Å². The molecular formula is C22H22N4O. The minimum atomic E-state index is 0.524. The molecule has 0 aliphatic carbocycles. The van der Waals surface area contributed by atoms with E-state index in [2.05, 4.69) is 50.7 Å². The van der Waals surface area contributed by atoms with Gasteiger partial charge in [-0.2, -0.15) is 0 Å². The quantitative estimate of drug-likeness (QED) is 0.548. The van der Waals surface area contributed by atoms with Crippen molar-refractivity contribution in [2.24, 2.45) is 7.05 Å². The Morgan fingerprint density at radius 2 is 2.04 bits per heavy atom. The molecule has 1 aliphatic rings. The molecule has 5 rings (SSSR count). The van der Waals surface area contributed by atoms with Crippen molar-refractivity contribution in [1.29, 1.82) is 0 Å². The third-order valence-corrected chi connectivity index (χ3v) is 5.49. The second-order valence-corrected chi connectivity index (χ2v) is 7.30. The molecule has 5 nitrogen and oxygen atoms in total. The van der Waals surface area contributed by atoms with E-state index >= 15 is 0 Å². The summed E-state index contributed by atoms with van der Waals surface area (Å²) in [6, 6.07) is 14.5. The van der Waals surface area contributed by atoms with Crippen LogP contribution in [-0.2, 0) is 13.6 Å². The maximum Gasteiger partial charge on any atom is 0.153 e. The van der Waals surface area contributed by atoms with Gasteiger partial charge in [-0.3, -0.25) is 9.88 Å². The number of para-hydroxylation sites is 1. The Balaban J connectivity index is 1.35. The van der Waals surface area contributed by atoms with Crippen LogP contribution in [0.5, 0.6) is 0 Å². The van der Waals surface area contributed by atoms with E-state index in [-0.39, 0.29) is 0 Å². The first-order chi connectivity index (χ1) is 13.3. The number of likely N-dealkylation sites (tertiary alicyclic amines) is 1. The molecule has 0 saturated carbocycles. The first-order valence-electron chi connectivity index (χ1n) is 9.40. The highest BCUT2D eigenvalue weighted by Gasteiger charge is 2.25. The van der Waals surface area contributed by atoms with E-state index in [1.54, 1.807) is 0 Å². The number of hydrogen-bond donors (Lipinski definition) is 0. The smallest absolute Gasteiger partial charge is 0.153 e. The molecule has 1 aliphatic heterocycles. The second kappa shape index (κ2) is 6.67. The van der Waals surface area contributed by atoms with Crippen molar-refractivity contribution in [2.75, 3.05) is 13.1 Å². The van der Waals surface area contributed by atoms with E-state index in [1.165, 1.54) is 5.56 Å². The molecule has 4 heterocycles. The average molecular weight is 358 g/mol. The Morgan fingerprint density at radius 1 is 1.11 bits per heavy atom. The summed E-state index contributed by atoms with van der Waals surface area (Å²) < 4.78 is 8.09. The van der Waals surface area contributed by atoms with Crippen LogP contribution in [0.4, 0.5) is 0 Å². The summed E-state index contributed by atoms with van der Waals surface area (Å²) in [5, 5.41) is 1.11. The number of furan rings is 1. The van der Waals surface area contributed by atoms with Crippen molar-refractivity contribution >= 4 is 11.0 Å². The van der Waals surface area contributed by atoms with Crippen LogP contribution in [0.25, 0.3) is 22.4 Å². The number of benzene rings is 1. The summed E-state index contributed by atoms with van der Waals surface area (Å²) in [7, 11) is 2.05. The van der Waals surface area contributed by atoms with Gasteiger partial charge in [-0.15, -0.1) is 0 Å². The molecule has 1 fully saturated rings. The Labute approximate surface area is 158 Å². The fraction of sp³-hybridized carbons (Fsp3) is 0.273.